The topological polar surface area (TPSA) is 69.6 Å². The van der Waals surface area contributed by atoms with Crippen molar-refractivity contribution in [2.75, 3.05) is 11.9 Å². The molecule has 0 aliphatic heterocycles. The second kappa shape index (κ2) is 6.09. The van der Waals surface area contributed by atoms with Gasteiger partial charge < -0.3 is 15.3 Å². The van der Waals surface area contributed by atoms with E-state index >= 15 is 0 Å². The van der Waals surface area contributed by atoms with Crippen molar-refractivity contribution < 1.29 is 19.1 Å². The summed E-state index contributed by atoms with van der Waals surface area (Å²) in [6, 6.07) is 2.95. The number of carbonyl (C=O) groups excluding carboxylic acids is 1. The Morgan fingerprint density at radius 3 is 2.45 bits per heavy atom. The quantitative estimate of drug-likeness (QED) is 0.897. The maximum absolute atomic E-state index is 13.2. The van der Waals surface area contributed by atoms with Gasteiger partial charge >= 0.3 is 12.0 Å². The summed E-state index contributed by atoms with van der Waals surface area (Å²) in [5.74, 6) is -1.72. The number of nitrogens with one attached hydrogen (secondary N) is 1. The van der Waals surface area contributed by atoms with Gasteiger partial charge in [0.1, 0.15) is 11.4 Å². The standard InChI is InChI=1S/C13H16ClFN2O3/c1-4-17(13(2,3)11(18)19)12(20)16-10-6-8(14)5-9(15)7-10/h5-7H,4H2,1-3H3,(H,16,20)(H,18,19). The lowest BCUT2D eigenvalue weighted by molar-refractivity contribution is -0.147. The summed E-state index contributed by atoms with van der Waals surface area (Å²) in [6.07, 6.45) is 0. The van der Waals surface area contributed by atoms with Gasteiger partial charge in [-0.15, -0.1) is 0 Å². The lowest BCUT2D eigenvalue weighted by Gasteiger charge is -2.34. The van der Waals surface area contributed by atoms with E-state index in [0.29, 0.717) is 0 Å². The largest absolute Gasteiger partial charge is 0.480 e. The van der Waals surface area contributed by atoms with Crippen molar-refractivity contribution in [3.05, 3.63) is 29.0 Å². The molecule has 0 fully saturated rings. The highest BCUT2D eigenvalue weighted by molar-refractivity contribution is 6.30. The van der Waals surface area contributed by atoms with Crippen LogP contribution in [0.3, 0.4) is 0 Å². The average Bonchev–Trinajstić information content (AvgIpc) is 2.27. The van der Waals surface area contributed by atoms with Gasteiger partial charge in [0.05, 0.1) is 0 Å². The first-order chi connectivity index (χ1) is 9.18. The molecule has 1 rings (SSSR count). The Morgan fingerprint density at radius 2 is 2.00 bits per heavy atom. The first kappa shape index (κ1) is 16.2. The Morgan fingerprint density at radius 1 is 1.40 bits per heavy atom. The molecular weight excluding hydrogens is 287 g/mol. The summed E-state index contributed by atoms with van der Waals surface area (Å²) in [5.41, 5.74) is -1.21. The van der Waals surface area contributed by atoms with Gasteiger partial charge in [-0.25, -0.2) is 14.0 Å². The smallest absolute Gasteiger partial charge is 0.329 e. The molecule has 0 saturated heterocycles. The van der Waals surface area contributed by atoms with Gasteiger partial charge in [0.2, 0.25) is 0 Å². The van der Waals surface area contributed by atoms with Gasteiger partial charge in [0, 0.05) is 17.3 Å². The molecule has 0 saturated carbocycles. The molecule has 0 bridgehead atoms. The number of aliphatic carboxylic acids is 1. The number of hydrogen-bond acceptors (Lipinski definition) is 2. The average molecular weight is 303 g/mol. The Labute approximate surface area is 121 Å². The SMILES string of the molecule is CCN(C(=O)Nc1cc(F)cc(Cl)c1)C(C)(C)C(=O)O. The Bertz CT molecular complexity index is 514. The van der Waals surface area contributed by atoms with Crippen LogP contribution in [0, 0.1) is 5.82 Å². The lowest BCUT2D eigenvalue weighted by atomic mass is 10.0. The minimum absolute atomic E-state index is 0.140. The molecule has 1 aromatic rings. The molecule has 0 radical (unpaired) electrons. The second-order valence-electron chi connectivity index (χ2n) is 4.70. The van der Waals surface area contributed by atoms with Crippen molar-refractivity contribution in [2.45, 2.75) is 26.3 Å². The Balaban J connectivity index is 2.96. The zero-order valence-corrected chi connectivity index (χ0v) is 12.2. The highest BCUT2D eigenvalue weighted by Crippen LogP contribution is 2.20. The normalized spacial score (nSPS) is 11.1. The summed E-state index contributed by atoms with van der Waals surface area (Å²) < 4.78 is 13.2. The highest BCUT2D eigenvalue weighted by Gasteiger charge is 2.36. The number of carboxylic acid groups (broad SMARTS) is 1. The molecule has 20 heavy (non-hydrogen) atoms. The number of likely N-dealkylation sites (N-methyl/N-ethyl adjacent to an activating group) is 1. The zero-order chi connectivity index (χ0) is 15.5. The number of anilines is 1. The Hall–Kier alpha value is -1.82. The molecule has 7 heteroatoms. The molecule has 0 aliphatic carbocycles. The van der Waals surface area contributed by atoms with Crippen LogP contribution in [0.4, 0.5) is 14.9 Å². The van der Waals surface area contributed by atoms with Crippen molar-refractivity contribution in [3.63, 3.8) is 0 Å². The van der Waals surface area contributed by atoms with Gasteiger partial charge in [-0.2, -0.15) is 0 Å². The van der Waals surface area contributed by atoms with Gasteiger partial charge in [-0.1, -0.05) is 11.6 Å². The molecule has 0 heterocycles. The van der Waals surface area contributed by atoms with E-state index in [4.69, 9.17) is 16.7 Å². The summed E-state index contributed by atoms with van der Waals surface area (Å²) in [5, 5.41) is 11.7. The maximum Gasteiger partial charge on any atom is 0.329 e. The molecule has 110 valence electrons. The number of hydrogen-bond donors (Lipinski definition) is 2. The van der Waals surface area contributed by atoms with Crippen LogP contribution in [-0.4, -0.2) is 34.1 Å². The lowest BCUT2D eigenvalue weighted by Crippen LogP contribution is -2.54. The van der Waals surface area contributed by atoms with Crippen molar-refractivity contribution >= 4 is 29.3 Å². The summed E-state index contributed by atoms with van der Waals surface area (Å²) >= 11 is 5.69. The predicted octanol–water partition coefficient (Wildman–Crippen LogP) is 3.20. The van der Waals surface area contributed by atoms with Crippen molar-refractivity contribution in [3.8, 4) is 0 Å². The molecule has 1 aromatic carbocycles. The molecule has 0 unspecified atom stereocenters. The number of rotatable bonds is 4. The van der Waals surface area contributed by atoms with E-state index in [2.05, 4.69) is 5.32 Å². The van der Waals surface area contributed by atoms with Crippen molar-refractivity contribution in [1.29, 1.82) is 0 Å². The van der Waals surface area contributed by atoms with E-state index in [1.807, 2.05) is 0 Å². The molecule has 0 spiro atoms. The molecular formula is C13H16ClFN2O3. The maximum atomic E-state index is 13.2. The van der Waals surface area contributed by atoms with Crippen LogP contribution in [0.15, 0.2) is 18.2 Å². The van der Waals surface area contributed by atoms with E-state index in [0.717, 1.165) is 17.0 Å². The fraction of sp³-hybridized carbons (Fsp3) is 0.385. The molecule has 0 atom stereocenters. The van der Waals surface area contributed by atoms with Gasteiger partial charge in [0.25, 0.3) is 0 Å². The van der Waals surface area contributed by atoms with Crippen LogP contribution in [0.1, 0.15) is 20.8 Å². The number of benzene rings is 1. The first-order valence-corrected chi connectivity index (χ1v) is 6.34. The van der Waals surface area contributed by atoms with Gasteiger partial charge in [-0.3, -0.25) is 0 Å². The third-order valence-electron chi connectivity index (χ3n) is 2.87. The summed E-state index contributed by atoms with van der Waals surface area (Å²) in [6.45, 7) is 4.67. The highest BCUT2D eigenvalue weighted by atomic mass is 35.5. The van der Waals surface area contributed by atoms with Gasteiger partial charge in [-0.05, 0) is 39.0 Å². The fourth-order valence-electron chi connectivity index (χ4n) is 1.73. The number of urea groups is 1. The van der Waals surface area contributed by atoms with Crippen LogP contribution in [0.2, 0.25) is 5.02 Å². The van der Waals surface area contributed by atoms with E-state index in [1.165, 1.54) is 19.9 Å². The third-order valence-corrected chi connectivity index (χ3v) is 3.09. The van der Waals surface area contributed by atoms with Crippen LogP contribution >= 0.6 is 11.6 Å². The number of halogens is 2. The van der Waals surface area contributed by atoms with Crippen molar-refractivity contribution in [1.82, 2.24) is 4.90 Å². The van der Waals surface area contributed by atoms with Crippen molar-refractivity contribution in [2.24, 2.45) is 0 Å². The number of nitrogens with zero attached hydrogens (tertiary/aromatic N) is 1. The zero-order valence-electron chi connectivity index (χ0n) is 11.4. The molecule has 0 aliphatic rings. The van der Waals surface area contributed by atoms with Crippen LogP contribution < -0.4 is 5.32 Å². The van der Waals surface area contributed by atoms with Crippen LogP contribution in [0.25, 0.3) is 0 Å². The van der Waals surface area contributed by atoms with Crippen LogP contribution in [0.5, 0.6) is 0 Å². The second-order valence-corrected chi connectivity index (χ2v) is 5.13. The predicted molar refractivity (Wildman–Crippen MR) is 74.5 cm³/mol. The first-order valence-electron chi connectivity index (χ1n) is 5.96. The minimum Gasteiger partial charge on any atom is -0.480 e. The molecule has 2 amide bonds. The summed E-state index contributed by atoms with van der Waals surface area (Å²) in [7, 11) is 0. The third kappa shape index (κ3) is 3.60. The van der Waals surface area contributed by atoms with E-state index < -0.39 is 23.4 Å². The van der Waals surface area contributed by atoms with Crippen LogP contribution in [-0.2, 0) is 4.79 Å². The number of carbonyl (C=O) groups is 2. The molecule has 5 nitrogen and oxygen atoms in total. The number of carboxylic acids is 1. The monoisotopic (exact) mass is 302 g/mol. The van der Waals surface area contributed by atoms with E-state index in [9.17, 15) is 14.0 Å². The molecule has 2 N–H and O–H groups in total. The summed E-state index contributed by atoms with van der Waals surface area (Å²) in [4.78, 5) is 24.4. The molecule has 0 aromatic heterocycles. The number of amides is 2. The van der Waals surface area contributed by atoms with E-state index in [1.54, 1.807) is 6.92 Å². The van der Waals surface area contributed by atoms with Gasteiger partial charge in [0.15, 0.2) is 0 Å². The van der Waals surface area contributed by atoms with E-state index in [-0.39, 0.29) is 17.3 Å². The fourth-order valence-corrected chi connectivity index (χ4v) is 1.95. The minimum atomic E-state index is -1.38. The Kier molecular flexibility index (Phi) is 4.94.